The second-order valence-electron chi connectivity index (χ2n) is 7.70. The van der Waals surface area contributed by atoms with E-state index in [-0.39, 0.29) is 11.0 Å². The fourth-order valence-corrected chi connectivity index (χ4v) is 4.49. The Bertz CT molecular complexity index is 626. The monoisotopic (exact) mass is 357 g/mol. The van der Waals surface area contributed by atoms with Crippen molar-refractivity contribution in [1.82, 2.24) is 0 Å². The summed E-state index contributed by atoms with van der Waals surface area (Å²) in [6.07, 6.45) is 11.0. The lowest BCUT2D eigenvalue weighted by Crippen LogP contribution is -2.45. The summed E-state index contributed by atoms with van der Waals surface area (Å²) < 4.78 is 0. The van der Waals surface area contributed by atoms with Gasteiger partial charge in [0.2, 0.25) is 0 Å². The van der Waals surface area contributed by atoms with Crippen LogP contribution in [0.1, 0.15) is 90.0 Å². The quantitative estimate of drug-likeness (QED) is 0.467. The minimum Gasteiger partial charge on any atom is -0.412 e. The summed E-state index contributed by atoms with van der Waals surface area (Å²) in [4.78, 5) is 0. The highest BCUT2D eigenvalue weighted by Crippen LogP contribution is 2.40. The molecule has 0 fully saturated rings. The van der Waals surface area contributed by atoms with Crippen LogP contribution in [0.15, 0.2) is 42.5 Å². The van der Waals surface area contributed by atoms with Crippen LogP contribution in [-0.4, -0.2) is 11.0 Å². The van der Waals surface area contributed by atoms with Crippen LogP contribution in [0.3, 0.4) is 0 Å². The van der Waals surface area contributed by atoms with E-state index >= 15 is 0 Å². The predicted molar refractivity (Wildman–Crippen MR) is 116 cm³/mol. The lowest BCUT2D eigenvalue weighted by molar-refractivity contribution is 0.277. The fourth-order valence-electron chi connectivity index (χ4n) is 4.49. The van der Waals surface area contributed by atoms with Crippen LogP contribution >= 0.6 is 0 Å². The first-order valence-electron chi connectivity index (χ1n) is 10.4. The zero-order valence-electron chi connectivity index (χ0n) is 17.1. The van der Waals surface area contributed by atoms with Crippen molar-refractivity contribution in [3.63, 3.8) is 0 Å². The maximum Gasteiger partial charge on any atom is 0.0223 e. The molecule has 1 unspecified atom stereocenters. The Morgan fingerprint density at radius 1 is 0.808 bits per heavy atom. The van der Waals surface area contributed by atoms with Crippen LogP contribution < -0.4 is 5.73 Å². The van der Waals surface area contributed by atoms with Crippen molar-refractivity contribution >= 4 is 10.8 Å². The molecule has 4 N–H and O–H groups in total. The van der Waals surface area contributed by atoms with Crippen LogP contribution in [0.2, 0.25) is 0 Å². The van der Waals surface area contributed by atoms with Gasteiger partial charge in [-0.15, -0.1) is 0 Å². The Morgan fingerprint density at radius 2 is 1.46 bits per heavy atom. The number of nitrogens with two attached hydrogens (primary N) is 1. The van der Waals surface area contributed by atoms with Crippen molar-refractivity contribution in [2.75, 3.05) is 0 Å². The van der Waals surface area contributed by atoms with Gasteiger partial charge in [0.05, 0.1) is 0 Å². The van der Waals surface area contributed by atoms with E-state index in [1.54, 1.807) is 0 Å². The number of hydrogen-bond acceptors (Lipinski definition) is 1. The zero-order valence-corrected chi connectivity index (χ0v) is 17.1. The van der Waals surface area contributed by atoms with E-state index in [9.17, 15) is 0 Å². The SMILES string of the molecule is CCCCCCC(c1cccc2ccccc12)C(N)(CCC)CCC.O. The zero-order chi connectivity index (χ0) is 18.1. The lowest BCUT2D eigenvalue weighted by atomic mass is 9.71. The lowest BCUT2D eigenvalue weighted by Gasteiger charge is -2.39. The highest BCUT2D eigenvalue weighted by Gasteiger charge is 2.34. The van der Waals surface area contributed by atoms with E-state index in [1.807, 2.05) is 0 Å². The third-order valence-corrected chi connectivity index (χ3v) is 5.67. The van der Waals surface area contributed by atoms with Crippen LogP contribution in [-0.2, 0) is 0 Å². The molecular formula is C24H39NO. The van der Waals surface area contributed by atoms with Gasteiger partial charge in [0.15, 0.2) is 0 Å². The molecule has 26 heavy (non-hydrogen) atoms. The fraction of sp³-hybridized carbons (Fsp3) is 0.583. The first-order chi connectivity index (χ1) is 12.2. The molecule has 2 aromatic rings. The predicted octanol–water partition coefficient (Wildman–Crippen LogP) is 6.37. The van der Waals surface area contributed by atoms with Crippen molar-refractivity contribution in [1.29, 1.82) is 0 Å². The standard InChI is InChI=1S/C24H37N.H2O/c1-4-7-8-9-17-23(24(25,18-5-2)19-6-3)22-16-12-14-20-13-10-11-15-21(20)22;/h10-16,23H,4-9,17-19,25H2,1-3H3;1H2. The maximum absolute atomic E-state index is 7.10. The van der Waals surface area contributed by atoms with Gasteiger partial charge in [-0.25, -0.2) is 0 Å². The summed E-state index contributed by atoms with van der Waals surface area (Å²) >= 11 is 0. The second kappa shape index (κ2) is 11.4. The average Bonchev–Trinajstić information content (AvgIpc) is 2.62. The van der Waals surface area contributed by atoms with Gasteiger partial charge in [0.25, 0.3) is 0 Å². The summed E-state index contributed by atoms with van der Waals surface area (Å²) in [5.41, 5.74) is 8.49. The largest absolute Gasteiger partial charge is 0.412 e. The number of hydrogen-bond donors (Lipinski definition) is 1. The first-order valence-corrected chi connectivity index (χ1v) is 10.4. The minimum absolute atomic E-state index is 0. The molecule has 146 valence electrons. The number of benzene rings is 2. The normalized spacial score (nSPS) is 12.8. The molecule has 0 saturated heterocycles. The average molecular weight is 358 g/mol. The highest BCUT2D eigenvalue weighted by atomic mass is 16.0. The molecule has 0 aliphatic rings. The summed E-state index contributed by atoms with van der Waals surface area (Å²) in [5, 5.41) is 2.74. The molecule has 1 atom stereocenters. The minimum atomic E-state index is -0.0835. The van der Waals surface area contributed by atoms with Gasteiger partial charge in [-0.1, -0.05) is 102 Å². The van der Waals surface area contributed by atoms with Crippen LogP contribution in [0.25, 0.3) is 10.8 Å². The van der Waals surface area contributed by atoms with Crippen molar-refractivity contribution in [2.24, 2.45) is 5.73 Å². The molecule has 2 aromatic carbocycles. The molecule has 0 radical (unpaired) electrons. The number of rotatable bonds is 11. The molecular weight excluding hydrogens is 318 g/mol. The smallest absolute Gasteiger partial charge is 0.0223 e. The summed E-state index contributed by atoms with van der Waals surface area (Å²) in [7, 11) is 0. The Morgan fingerprint density at radius 3 is 2.12 bits per heavy atom. The Balaban J connectivity index is 0.00000338. The molecule has 2 nitrogen and oxygen atoms in total. The molecule has 0 aliphatic heterocycles. The van der Waals surface area contributed by atoms with Gasteiger partial charge in [-0.2, -0.15) is 0 Å². The first kappa shape index (κ1) is 22.7. The van der Waals surface area contributed by atoms with Gasteiger partial charge in [0.1, 0.15) is 0 Å². The van der Waals surface area contributed by atoms with E-state index in [0.717, 1.165) is 25.7 Å². The number of unbranched alkanes of at least 4 members (excludes halogenated alkanes) is 3. The molecule has 0 aliphatic carbocycles. The molecule has 0 heterocycles. The topological polar surface area (TPSA) is 57.5 Å². The van der Waals surface area contributed by atoms with Crippen LogP contribution in [0.5, 0.6) is 0 Å². The molecule has 0 saturated carbocycles. The molecule has 0 amide bonds. The van der Waals surface area contributed by atoms with Crippen LogP contribution in [0, 0.1) is 0 Å². The highest BCUT2D eigenvalue weighted by molar-refractivity contribution is 5.86. The Labute approximate surface area is 160 Å². The summed E-state index contributed by atoms with van der Waals surface area (Å²) in [5.74, 6) is 0.454. The van der Waals surface area contributed by atoms with E-state index in [4.69, 9.17) is 5.73 Å². The van der Waals surface area contributed by atoms with Crippen molar-refractivity contribution in [2.45, 2.75) is 90.0 Å². The molecule has 0 aromatic heterocycles. The molecule has 0 bridgehead atoms. The summed E-state index contributed by atoms with van der Waals surface area (Å²) in [6.45, 7) is 6.83. The van der Waals surface area contributed by atoms with Crippen LogP contribution in [0.4, 0.5) is 0 Å². The van der Waals surface area contributed by atoms with Crippen molar-refractivity contribution in [3.05, 3.63) is 48.0 Å². The van der Waals surface area contributed by atoms with Crippen molar-refractivity contribution in [3.8, 4) is 0 Å². The maximum atomic E-state index is 7.10. The van der Waals surface area contributed by atoms with E-state index in [2.05, 4.69) is 63.2 Å². The molecule has 0 spiro atoms. The van der Waals surface area contributed by atoms with E-state index < -0.39 is 0 Å². The second-order valence-corrected chi connectivity index (χ2v) is 7.70. The third-order valence-electron chi connectivity index (χ3n) is 5.67. The Kier molecular flexibility index (Phi) is 9.90. The van der Waals surface area contributed by atoms with Crippen molar-refractivity contribution < 1.29 is 5.48 Å². The van der Waals surface area contributed by atoms with Gasteiger partial charge < -0.3 is 11.2 Å². The van der Waals surface area contributed by atoms with Gasteiger partial charge >= 0.3 is 0 Å². The molecule has 2 rings (SSSR count). The van der Waals surface area contributed by atoms with E-state index in [0.29, 0.717) is 5.92 Å². The van der Waals surface area contributed by atoms with Gasteiger partial charge in [-0.3, -0.25) is 0 Å². The molecule has 2 heteroatoms. The number of fused-ring (bicyclic) bond motifs is 1. The van der Waals surface area contributed by atoms with Gasteiger partial charge in [0, 0.05) is 11.5 Å². The summed E-state index contributed by atoms with van der Waals surface area (Å²) in [6, 6.07) is 15.6. The van der Waals surface area contributed by atoms with Gasteiger partial charge in [-0.05, 0) is 35.6 Å². The Hall–Kier alpha value is -1.38. The third kappa shape index (κ3) is 5.56. The van der Waals surface area contributed by atoms with E-state index in [1.165, 1.54) is 48.4 Å².